The zero-order chi connectivity index (χ0) is 21.2. The number of nitrogens with zero attached hydrogens (tertiary/aromatic N) is 1. The van der Waals surface area contributed by atoms with Crippen LogP contribution in [0.4, 0.5) is 11.4 Å². The molecule has 12 heteroatoms. The van der Waals surface area contributed by atoms with Crippen LogP contribution in [-0.4, -0.2) is 38.6 Å². The van der Waals surface area contributed by atoms with Crippen molar-refractivity contribution in [2.24, 2.45) is 5.14 Å². The zero-order valence-electron chi connectivity index (χ0n) is 15.2. The van der Waals surface area contributed by atoms with Gasteiger partial charge >= 0.3 is 5.69 Å². The SMILES string of the molecule is C[C@H](Oc1ccc(S(N)(=O)=O)cc1[N+](=O)[O-])C(=O)Nc1ccc2c(c1)OCCO2. The molecule has 1 aliphatic heterocycles. The smallest absolute Gasteiger partial charge is 0.312 e. The zero-order valence-corrected chi connectivity index (χ0v) is 16.0. The van der Waals surface area contributed by atoms with Gasteiger partial charge in [-0.15, -0.1) is 0 Å². The van der Waals surface area contributed by atoms with Crippen LogP contribution in [0.15, 0.2) is 41.3 Å². The molecule has 29 heavy (non-hydrogen) atoms. The number of fused-ring (bicyclic) bond motifs is 1. The van der Waals surface area contributed by atoms with Gasteiger partial charge in [0, 0.05) is 17.8 Å². The van der Waals surface area contributed by atoms with Gasteiger partial charge in [-0.05, 0) is 31.2 Å². The highest BCUT2D eigenvalue weighted by Crippen LogP contribution is 2.33. The van der Waals surface area contributed by atoms with Crippen molar-refractivity contribution in [3.8, 4) is 17.2 Å². The number of nitrogens with two attached hydrogens (primary N) is 1. The molecule has 0 spiro atoms. The molecule has 11 nitrogen and oxygen atoms in total. The van der Waals surface area contributed by atoms with Crippen LogP contribution in [0.2, 0.25) is 0 Å². The maximum Gasteiger partial charge on any atom is 0.312 e. The first-order valence-electron chi connectivity index (χ1n) is 8.33. The van der Waals surface area contributed by atoms with Gasteiger partial charge in [-0.1, -0.05) is 0 Å². The predicted octanol–water partition coefficient (Wildman–Crippen LogP) is 1.42. The lowest BCUT2D eigenvalue weighted by Gasteiger charge is -2.19. The van der Waals surface area contributed by atoms with Crippen molar-refractivity contribution in [1.29, 1.82) is 0 Å². The molecule has 0 unspecified atom stereocenters. The molecular formula is C17H17N3O8S. The van der Waals surface area contributed by atoms with E-state index in [-0.39, 0.29) is 5.75 Å². The summed E-state index contributed by atoms with van der Waals surface area (Å²) in [6.07, 6.45) is -1.12. The Morgan fingerprint density at radius 2 is 1.90 bits per heavy atom. The van der Waals surface area contributed by atoms with Gasteiger partial charge in [0.15, 0.2) is 23.4 Å². The molecule has 1 atom stereocenters. The van der Waals surface area contributed by atoms with Crippen molar-refractivity contribution < 1.29 is 32.3 Å². The molecule has 1 aliphatic rings. The lowest BCUT2D eigenvalue weighted by Crippen LogP contribution is -2.30. The summed E-state index contributed by atoms with van der Waals surface area (Å²) in [4.78, 5) is 22.4. The van der Waals surface area contributed by atoms with Crippen LogP contribution < -0.4 is 24.7 Å². The van der Waals surface area contributed by atoms with Crippen LogP contribution in [0, 0.1) is 10.1 Å². The summed E-state index contributed by atoms with van der Waals surface area (Å²) in [5.74, 6) is 0.194. The number of anilines is 1. The fourth-order valence-corrected chi connectivity index (χ4v) is 3.06. The first kappa shape index (κ1) is 20.4. The quantitative estimate of drug-likeness (QED) is 0.521. The second-order valence-corrected chi connectivity index (χ2v) is 7.60. The highest BCUT2D eigenvalue weighted by atomic mass is 32.2. The van der Waals surface area contributed by atoms with Crippen LogP contribution in [0.5, 0.6) is 17.2 Å². The number of ether oxygens (including phenoxy) is 3. The number of primary sulfonamides is 1. The highest BCUT2D eigenvalue weighted by Gasteiger charge is 2.24. The van der Waals surface area contributed by atoms with Crippen molar-refractivity contribution in [3.05, 3.63) is 46.5 Å². The Morgan fingerprint density at radius 3 is 2.55 bits per heavy atom. The van der Waals surface area contributed by atoms with E-state index in [0.717, 1.165) is 18.2 Å². The van der Waals surface area contributed by atoms with Crippen molar-refractivity contribution in [1.82, 2.24) is 0 Å². The normalized spacial score (nSPS) is 14.0. The molecule has 154 valence electrons. The second kappa shape index (κ2) is 7.93. The number of nitro groups is 1. The molecule has 0 aliphatic carbocycles. The van der Waals surface area contributed by atoms with Gasteiger partial charge in [0.05, 0.1) is 9.82 Å². The van der Waals surface area contributed by atoms with Gasteiger partial charge in [-0.3, -0.25) is 14.9 Å². The first-order chi connectivity index (χ1) is 13.6. The van der Waals surface area contributed by atoms with Crippen molar-refractivity contribution in [2.75, 3.05) is 18.5 Å². The molecule has 3 N–H and O–H groups in total. The molecule has 3 rings (SSSR count). The Labute approximate surface area is 165 Å². The fourth-order valence-electron chi connectivity index (χ4n) is 2.53. The molecule has 0 fully saturated rings. The van der Waals surface area contributed by atoms with Gasteiger partial charge in [-0.25, -0.2) is 13.6 Å². The van der Waals surface area contributed by atoms with E-state index in [4.69, 9.17) is 19.3 Å². The van der Waals surface area contributed by atoms with E-state index in [2.05, 4.69) is 5.32 Å². The lowest BCUT2D eigenvalue weighted by molar-refractivity contribution is -0.386. The largest absolute Gasteiger partial charge is 0.486 e. The van der Waals surface area contributed by atoms with Gasteiger partial charge in [0.2, 0.25) is 10.0 Å². The third-order valence-corrected chi connectivity index (χ3v) is 4.85. The summed E-state index contributed by atoms with van der Waals surface area (Å²) in [7, 11) is -4.13. The fraction of sp³-hybridized carbons (Fsp3) is 0.235. The molecule has 0 bridgehead atoms. The first-order valence-corrected chi connectivity index (χ1v) is 9.88. The number of carbonyl (C=O) groups is 1. The van der Waals surface area contributed by atoms with E-state index in [1.807, 2.05) is 0 Å². The van der Waals surface area contributed by atoms with E-state index >= 15 is 0 Å². The van der Waals surface area contributed by atoms with Crippen molar-refractivity contribution in [3.63, 3.8) is 0 Å². The predicted molar refractivity (Wildman–Crippen MR) is 101 cm³/mol. The molecule has 1 amide bonds. The molecule has 2 aromatic rings. The van der Waals surface area contributed by atoms with Gasteiger partial charge < -0.3 is 19.5 Å². The third kappa shape index (κ3) is 4.73. The third-order valence-electron chi connectivity index (χ3n) is 3.94. The van der Waals surface area contributed by atoms with Crippen LogP contribution in [0.3, 0.4) is 0 Å². The van der Waals surface area contributed by atoms with Gasteiger partial charge in [0.1, 0.15) is 13.2 Å². The minimum absolute atomic E-state index is 0.271. The molecular weight excluding hydrogens is 406 g/mol. The summed E-state index contributed by atoms with van der Waals surface area (Å²) in [6, 6.07) is 7.75. The van der Waals surface area contributed by atoms with Crippen molar-refractivity contribution >= 4 is 27.3 Å². The summed E-state index contributed by atoms with van der Waals surface area (Å²) in [5.41, 5.74) is -0.204. The van der Waals surface area contributed by atoms with Crippen molar-refractivity contribution in [2.45, 2.75) is 17.9 Å². The number of sulfonamides is 1. The van der Waals surface area contributed by atoms with Gasteiger partial charge in [0.25, 0.3) is 5.91 Å². The van der Waals surface area contributed by atoms with E-state index < -0.39 is 37.5 Å². The van der Waals surface area contributed by atoms with E-state index in [1.165, 1.54) is 6.92 Å². The van der Waals surface area contributed by atoms with Crippen LogP contribution in [0.25, 0.3) is 0 Å². The van der Waals surface area contributed by atoms with Crippen LogP contribution >= 0.6 is 0 Å². The Bertz CT molecular complexity index is 1070. The standard InChI is InChI=1S/C17H17N3O8S/c1-10(17(21)19-11-2-4-15-16(8-11)27-7-6-26-15)28-14-5-3-12(29(18,24)25)9-13(14)20(22)23/h2-5,8-10H,6-7H2,1H3,(H,19,21)(H2,18,24,25)/t10-/m0/s1. The maximum atomic E-state index is 12.4. The van der Waals surface area contributed by atoms with E-state index in [9.17, 15) is 23.3 Å². The number of rotatable bonds is 6. The molecule has 2 aromatic carbocycles. The highest BCUT2D eigenvalue weighted by molar-refractivity contribution is 7.89. The Morgan fingerprint density at radius 1 is 1.21 bits per heavy atom. The second-order valence-electron chi connectivity index (χ2n) is 6.04. The Hall–Kier alpha value is -3.38. The summed E-state index contributed by atoms with van der Waals surface area (Å²) < 4.78 is 39.0. The van der Waals surface area contributed by atoms with Gasteiger partial charge in [-0.2, -0.15) is 0 Å². The number of amides is 1. The number of carbonyl (C=O) groups excluding carboxylic acids is 1. The van der Waals surface area contributed by atoms with Crippen LogP contribution in [-0.2, 0) is 14.8 Å². The number of hydrogen-bond acceptors (Lipinski definition) is 8. The van der Waals surface area contributed by atoms with Crippen LogP contribution in [0.1, 0.15) is 6.92 Å². The molecule has 0 aromatic heterocycles. The number of hydrogen-bond donors (Lipinski definition) is 2. The lowest BCUT2D eigenvalue weighted by atomic mass is 10.2. The molecule has 1 heterocycles. The maximum absolute atomic E-state index is 12.4. The molecule has 0 saturated carbocycles. The number of nitrogens with one attached hydrogen (secondary N) is 1. The van der Waals surface area contributed by atoms with E-state index in [0.29, 0.717) is 30.4 Å². The minimum Gasteiger partial charge on any atom is -0.486 e. The molecule has 0 radical (unpaired) electrons. The average Bonchev–Trinajstić information content (AvgIpc) is 2.67. The topological polar surface area (TPSA) is 160 Å². The monoisotopic (exact) mass is 423 g/mol. The Balaban J connectivity index is 1.75. The summed E-state index contributed by atoms with van der Waals surface area (Å²) in [5, 5.41) is 18.8. The Kier molecular flexibility index (Phi) is 5.57. The van der Waals surface area contributed by atoms with E-state index in [1.54, 1.807) is 18.2 Å². The summed E-state index contributed by atoms with van der Waals surface area (Å²) >= 11 is 0. The minimum atomic E-state index is -4.13. The number of benzene rings is 2. The summed E-state index contributed by atoms with van der Waals surface area (Å²) in [6.45, 7) is 2.22. The number of nitro benzene ring substituents is 1. The molecule has 0 saturated heterocycles. The average molecular weight is 423 g/mol.